The predicted molar refractivity (Wildman–Crippen MR) is 68.4 cm³/mol. The summed E-state index contributed by atoms with van der Waals surface area (Å²) in [6.07, 6.45) is 0.475. The molecule has 0 bridgehead atoms. The van der Waals surface area contributed by atoms with Crippen molar-refractivity contribution in [1.29, 1.82) is 0 Å². The lowest BCUT2D eigenvalue weighted by Gasteiger charge is -2.17. The molecule has 0 amide bonds. The van der Waals surface area contributed by atoms with Crippen molar-refractivity contribution < 1.29 is 30.0 Å². The smallest absolute Gasteiger partial charge is 0.303 e. The van der Waals surface area contributed by atoms with Crippen LogP contribution in [0, 0.1) is 0 Å². The molecule has 0 aliphatic heterocycles. The van der Waals surface area contributed by atoms with Crippen LogP contribution in [0.2, 0.25) is 0 Å². The van der Waals surface area contributed by atoms with E-state index in [1.165, 1.54) is 0 Å². The van der Waals surface area contributed by atoms with E-state index < -0.39 is 23.6 Å². The lowest BCUT2D eigenvalue weighted by atomic mass is 10.0. The molecule has 18 heavy (non-hydrogen) atoms. The van der Waals surface area contributed by atoms with Gasteiger partial charge in [-0.1, -0.05) is 13.8 Å². The summed E-state index contributed by atoms with van der Waals surface area (Å²) in [4.78, 5) is 18.7. The Hall–Kier alpha value is -1.14. The van der Waals surface area contributed by atoms with E-state index >= 15 is 0 Å². The Bertz CT molecular complexity index is 203. The molecule has 0 heterocycles. The summed E-state index contributed by atoms with van der Waals surface area (Å²) in [5, 5.41) is 33.2. The van der Waals surface area contributed by atoms with Crippen LogP contribution in [0.4, 0.5) is 0 Å². The van der Waals surface area contributed by atoms with Gasteiger partial charge in [-0.2, -0.15) is 0 Å². The van der Waals surface area contributed by atoms with Gasteiger partial charge in [0.15, 0.2) is 0 Å². The molecule has 1 atom stereocenters. The maximum Gasteiger partial charge on any atom is 0.303 e. The van der Waals surface area contributed by atoms with Crippen molar-refractivity contribution in [2.75, 3.05) is 0 Å². The van der Waals surface area contributed by atoms with Crippen LogP contribution in [0.1, 0.15) is 53.9 Å². The SMILES string of the molecule is CC(O)CC(C)(C)O.CCC(=O)O.CCC(=O)O. The molecule has 6 heteroatoms. The average Bonchev–Trinajstić information content (AvgIpc) is 2.15. The Morgan fingerprint density at radius 3 is 1.28 bits per heavy atom. The van der Waals surface area contributed by atoms with Crippen LogP contribution in [0.15, 0.2) is 0 Å². The monoisotopic (exact) mass is 266 g/mol. The van der Waals surface area contributed by atoms with Gasteiger partial charge in [0.2, 0.25) is 0 Å². The Balaban J connectivity index is -0.000000197. The van der Waals surface area contributed by atoms with Crippen molar-refractivity contribution in [3.8, 4) is 0 Å². The molecule has 0 aromatic heterocycles. The molecule has 0 aliphatic carbocycles. The first-order valence-corrected chi connectivity index (χ1v) is 5.80. The number of carboxylic acids is 2. The Morgan fingerprint density at radius 1 is 1.06 bits per heavy atom. The van der Waals surface area contributed by atoms with Crippen LogP contribution in [-0.4, -0.2) is 44.1 Å². The lowest BCUT2D eigenvalue weighted by Crippen LogP contribution is -2.24. The van der Waals surface area contributed by atoms with Gasteiger partial charge in [-0.05, 0) is 20.8 Å². The first-order valence-electron chi connectivity index (χ1n) is 5.80. The van der Waals surface area contributed by atoms with Gasteiger partial charge in [-0.3, -0.25) is 9.59 Å². The van der Waals surface area contributed by atoms with Crippen LogP contribution in [0.5, 0.6) is 0 Å². The average molecular weight is 266 g/mol. The van der Waals surface area contributed by atoms with Crippen molar-refractivity contribution in [3.63, 3.8) is 0 Å². The van der Waals surface area contributed by atoms with Crippen molar-refractivity contribution >= 4 is 11.9 Å². The normalized spacial score (nSPS) is 11.3. The zero-order valence-electron chi connectivity index (χ0n) is 11.8. The quantitative estimate of drug-likeness (QED) is 0.612. The number of aliphatic hydroxyl groups excluding tert-OH is 1. The molecular weight excluding hydrogens is 240 g/mol. The standard InChI is InChI=1S/C6H14O2.2C3H6O2/c1-5(7)4-6(2,3)8;2*1-2-3(4)5/h5,7-8H,4H2,1-3H3;2*2H2,1H3,(H,4,5). The van der Waals surface area contributed by atoms with E-state index in [1.54, 1.807) is 34.6 Å². The second-order valence-electron chi connectivity index (χ2n) is 4.36. The Labute approximate surface area is 108 Å². The number of carboxylic acid groups (broad SMARTS) is 2. The Morgan fingerprint density at radius 2 is 1.28 bits per heavy atom. The van der Waals surface area contributed by atoms with Crippen molar-refractivity contribution in [1.82, 2.24) is 0 Å². The molecule has 0 aliphatic rings. The van der Waals surface area contributed by atoms with E-state index in [0.717, 1.165) is 0 Å². The first-order chi connectivity index (χ1) is 7.96. The summed E-state index contributed by atoms with van der Waals surface area (Å²) in [6.45, 7) is 8.22. The van der Waals surface area contributed by atoms with E-state index in [0.29, 0.717) is 6.42 Å². The summed E-state index contributed by atoms with van der Waals surface area (Å²) in [6, 6.07) is 0. The zero-order chi connectivity index (χ0) is 15.4. The van der Waals surface area contributed by atoms with Gasteiger partial charge in [-0.25, -0.2) is 0 Å². The summed E-state index contributed by atoms with van der Waals surface area (Å²) < 4.78 is 0. The first kappa shape index (κ1) is 22.1. The van der Waals surface area contributed by atoms with E-state index in [-0.39, 0.29) is 12.8 Å². The minimum absolute atomic E-state index is 0.222. The minimum Gasteiger partial charge on any atom is -0.481 e. The summed E-state index contributed by atoms with van der Waals surface area (Å²) >= 11 is 0. The predicted octanol–water partition coefficient (Wildman–Crippen LogP) is 1.49. The molecule has 0 aromatic carbocycles. The summed E-state index contributed by atoms with van der Waals surface area (Å²) in [5.41, 5.74) is -0.728. The Kier molecular flexibility index (Phi) is 15.1. The highest BCUT2D eigenvalue weighted by Crippen LogP contribution is 2.09. The van der Waals surface area contributed by atoms with E-state index in [4.69, 9.17) is 20.4 Å². The lowest BCUT2D eigenvalue weighted by molar-refractivity contribution is -0.137. The van der Waals surface area contributed by atoms with Crippen LogP contribution in [0.25, 0.3) is 0 Å². The molecule has 0 aromatic rings. The minimum atomic E-state index is -0.745. The van der Waals surface area contributed by atoms with Crippen LogP contribution < -0.4 is 0 Å². The van der Waals surface area contributed by atoms with Gasteiger partial charge in [0, 0.05) is 19.3 Å². The number of aliphatic carboxylic acids is 2. The maximum atomic E-state index is 9.37. The fourth-order valence-corrected chi connectivity index (χ4v) is 0.723. The highest BCUT2D eigenvalue weighted by atomic mass is 16.4. The highest BCUT2D eigenvalue weighted by Gasteiger charge is 2.14. The van der Waals surface area contributed by atoms with E-state index in [9.17, 15) is 9.59 Å². The molecule has 6 nitrogen and oxygen atoms in total. The third-order valence-corrected chi connectivity index (χ3v) is 1.40. The molecule has 0 rings (SSSR count). The van der Waals surface area contributed by atoms with Crippen LogP contribution in [0.3, 0.4) is 0 Å². The van der Waals surface area contributed by atoms with Gasteiger partial charge < -0.3 is 20.4 Å². The van der Waals surface area contributed by atoms with Gasteiger partial charge in [-0.15, -0.1) is 0 Å². The zero-order valence-corrected chi connectivity index (χ0v) is 11.8. The van der Waals surface area contributed by atoms with Crippen LogP contribution in [-0.2, 0) is 9.59 Å². The van der Waals surface area contributed by atoms with E-state index in [1.807, 2.05) is 0 Å². The highest BCUT2D eigenvalue weighted by molar-refractivity contribution is 5.66. The fraction of sp³-hybridized carbons (Fsp3) is 0.833. The topological polar surface area (TPSA) is 115 Å². The molecule has 4 N–H and O–H groups in total. The molecule has 0 saturated carbocycles. The van der Waals surface area contributed by atoms with Gasteiger partial charge in [0.05, 0.1) is 11.7 Å². The number of carbonyl (C=O) groups is 2. The molecule has 0 radical (unpaired) electrons. The number of rotatable bonds is 4. The van der Waals surface area contributed by atoms with Gasteiger partial charge >= 0.3 is 11.9 Å². The fourth-order valence-electron chi connectivity index (χ4n) is 0.723. The van der Waals surface area contributed by atoms with Crippen molar-refractivity contribution in [2.45, 2.75) is 65.6 Å². The second-order valence-corrected chi connectivity index (χ2v) is 4.36. The largest absolute Gasteiger partial charge is 0.481 e. The third-order valence-electron chi connectivity index (χ3n) is 1.40. The van der Waals surface area contributed by atoms with Crippen LogP contribution >= 0.6 is 0 Å². The second kappa shape index (κ2) is 12.3. The van der Waals surface area contributed by atoms with Crippen molar-refractivity contribution in [2.24, 2.45) is 0 Å². The summed E-state index contributed by atoms with van der Waals surface area (Å²) in [7, 11) is 0. The number of hydrogen-bond donors (Lipinski definition) is 4. The maximum absolute atomic E-state index is 9.37. The molecule has 0 fully saturated rings. The third kappa shape index (κ3) is 46.2. The molecule has 1 unspecified atom stereocenters. The molecule has 110 valence electrons. The van der Waals surface area contributed by atoms with Crippen molar-refractivity contribution in [3.05, 3.63) is 0 Å². The van der Waals surface area contributed by atoms with E-state index in [2.05, 4.69) is 0 Å². The molecular formula is C12H26O6. The van der Waals surface area contributed by atoms with Gasteiger partial charge in [0.25, 0.3) is 0 Å². The number of aliphatic hydroxyl groups is 2. The molecule has 0 saturated heterocycles. The summed E-state index contributed by atoms with van der Waals surface area (Å²) in [5.74, 6) is -1.49. The number of hydrogen-bond acceptors (Lipinski definition) is 4. The molecule has 0 spiro atoms. The van der Waals surface area contributed by atoms with Gasteiger partial charge in [0.1, 0.15) is 0 Å².